The number of carbonyl (C=O) groups is 1. The van der Waals surface area contributed by atoms with Gasteiger partial charge in [-0.2, -0.15) is 0 Å². The quantitative estimate of drug-likeness (QED) is 0.469. The number of hydrogen-bond acceptors (Lipinski definition) is 2. The minimum absolute atomic E-state index is 0.128. The second kappa shape index (κ2) is 10.1. The van der Waals surface area contributed by atoms with E-state index < -0.39 is 0 Å². The molecule has 0 fully saturated rings. The highest BCUT2D eigenvalue weighted by molar-refractivity contribution is 5.96. The maximum Gasteiger partial charge on any atom is 0.163 e. The van der Waals surface area contributed by atoms with E-state index in [1.807, 2.05) is 19.1 Å². The molecule has 0 aliphatic carbocycles. The fourth-order valence-corrected chi connectivity index (χ4v) is 2.74. The molecule has 23 heavy (non-hydrogen) atoms. The smallest absolute Gasteiger partial charge is 0.163 e. The zero-order valence-electron chi connectivity index (χ0n) is 14.8. The number of phenols is 1. The summed E-state index contributed by atoms with van der Waals surface area (Å²) >= 11 is 0. The monoisotopic (exact) mass is 314 g/mol. The van der Waals surface area contributed by atoms with Crippen molar-refractivity contribution in [3.63, 3.8) is 0 Å². The summed E-state index contributed by atoms with van der Waals surface area (Å²) in [4.78, 5) is 12.5. The maximum atomic E-state index is 12.5. The Morgan fingerprint density at radius 2 is 1.70 bits per heavy atom. The highest BCUT2D eigenvalue weighted by Gasteiger charge is 2.16. The minimum Gasteiger partial charge on any atom is -0.507 e. The number of Topliss-reactive ketones (excluding diaryl/α,β-unsaturated/α-hetero) is 1. The van der Waals surface area contributed by atoms with E-state index in [0.29, 0.717) is 18.6 Å². The van der Waals surface area contributed by atoms with E-state index >= 15 is 0 Å². The van der Waals surface area contributed by atoms with Crippen LogP contribution in [0, 0.1) is 18.3 Å². The van der Waals surface area contributed by atoms with Gasteiger partial charge >= 0.3 is 0 Å². The third-order valence-electron chi connectivity index (χ3n) is 4.19. The zero-order valence-corrected chi connectivity index (χ0v) is 14.8. The number of phenolic OH excluding ortho intramolecular Hbond substituents is 1. The second-order valence-corrected chi connectivity index (χ2v) is 6.49. The summed E-state index contributed by atoms with van der Waals surface area (Å²) in [5.74, 6) is 3.33. The molecule has 0 saturated carbocycles. The summed E-state index contributed by atoms with van der Waals surface area (Å²) in [5.41, 5.74) is 2.55. The van der Waals surface area contributed by atoms with Gasteiger partial charge in [-0.15, -0.1) is 12.3 Å². The second-order valence-electron chi connectivity index (χ2n) is 6.49. The molecule has 0 radical (unpaired) electrons. The molecule has 1 aromatic carbocycles. The van der Waals surface area contributed by atoms with Gasteiger partial charge in [-0.3, -0.25) is 4.79 Å². The molecule has 0 saturated heterocycles. The molecule has 0 amide bonds. The van der Waals surface area contributed by atoms with Crippen LogP contribution in [0.5, 0.6) is 5.75 Å². The molecule has 0 heterocycles. The lowest BCUT2D eigenvalue weighted by molar-refractivity contribution is 0.0965. The molecular formula is C21H30O2. The lowest BCUT2D eigenvalue weighted by atomic mass is 9.92. The molecule has 0 aliphatic rings. The van der Waals surface area contributed by atoms with Crippen molar-refractivity contribution >= 4 is 5.78 Å². The number of aryl methyl sites for hydroxylation is 2. The van der Waals surface area contributed by atoms with Crippen molar-refractivity contribution < 1.29 is 9.90 Å². The lowest BCUT2D eigenvalue weighted by Crippen LogP contribution is -2.07. The summed E-state index contributed by atoms with van der Waals surface area (Å²) in [7, 11) is 0. The summed E-state index contributed by atoms with van der Waals surface area (Å²) < 4.78 is 0. The molecule has 1 rings (SSSR count). The predicted octanol–water partition coefficient (Wildman–Crippen LogP) is 5.31. The Labute approximate surface area is 141 Å². The minimum atomic E-state index is 0.128. The first-order chi connectivity index (χ1) is 11.0. The van der Waals surface area contributed by atoms with Gasteiger partial charge in [-0.1, -0.05) is 33.6 Å². The van der Waals surface area contributed by atoms with Gasteiger partial charge in [0.25, 0.3) is 0 Å². The summed E-state index contributed by atoms with van der Waals surface area (Å²) in [6.45, 7) is 6.27. The summed E-state index contributed by atoms with van der Waals surface area (Å²) in [6, 6.07) is 3.76. The van der Waals surface area contributed by atoms with Crippen molar-refractivity contribution in [2.75, 3.05) is 0 Å². The normalized spacial score (nSPS) is 11.9. The molecule has 0 unspecified atom stereocenters. The first-order valence-electron chi connectivity index (χ1n) is 8.84. The van der Waals surface area contributed by atoms with E-state index in [1.165, 1.54) is 0 Å². The number of benzene rings is 1. The van der Waals surface area contributed by atoms with E-state index in [0.717, 1.165) is 55.2 Å². The largest absolute Gasteiger partial charge is 0.507 e. The number of rotatable bonds is 10. The van der Waals surface area contributed by atoms with Crippen molar-refractivity contribution in [1.29, 1.82) is 0 Å². The van der Waals surface area contributed by atoms with Crippen LogP contribution in [-0.4, -0.2) is 10.9 Å². The fraction of sp³-hybridized carbons (Fsp3) is 0.571. The van der Waals surface area contributed by atoms with Gasteiger partial charge in [0.15, 0.2) is 5.78 Å². The standard InChI is InChI=1S/C21H30O2/c1-5-8-11-17-14-19(20(22)13-16(4)10-7-3)15-18(21(17)23)12-9-6-2/h3,14-16,23H,5-6,8-13H2,1-2,4H3/t16-/m1/s1. The molecule has 2 heteroatoms. The Kier molecular flexibility index (Phi) is 8.48. The number of carbonyl (C=O) groups excluding carboxylic acids is 1. The van der Waals surface area contributed by atoms with Crippen LogP contribution in [0.1, 0.15) is 80.8 Å². The highest BCUT2D eigenvalue weighted by Crippen LogP contribution is 2.29. The number of hydrogen-bond donors (Lipinski definition) is 1. The first kappa shape index (κ1) is 19.3. The average Bonchev–Trinajstić information content (AvgIpc) is 2.52. The Bertz CT molecular complexity index is 522. The Morgan fingerprint density at radius 3 is 2.13 bits per heavy atom. The molecule has 1 atom stereocenters. The SMILES string of the molecule is C#CC[C@@H](C)CC(=O)c1cc(CCCC)c(O)c(CCCC)c1. The van der Waals surface area contributed by atoms with Crippen LogP contribution < -0.4 is 0 Å². The topological polar surface area (TPSA) is 37.3 Å². The van der Waals surface area contributed by atoms with E-state index in [-0.39, 0.29) is 11.7 Å². The lowest BCUT2D eigenvalue weighted by Gasteiger charge is -2.14. The molecule has 1 aromatic rings. The Balaban J connectivity index is 3.05. The van der Waals surface area contributed by atoms with E-state index in [1.54, 1.807) is 0 Å². The average molecular weight is 314 g/mol. The molecular weight excluding hydrogens is 284 g/mol. The van der Waals surface area contributed by atoms with Gasteiger partial charge < -0.3 is 5.11 Å². The van der Waals surface area contributed by atoms with Gasteiger partial charge in [-0.05, 0) is 54.9 Å². The highest BCUT2D eigenvalue weighted by atomic mass is 16.3. The van der Waals surface area contributed by atoms with Crippen LogP contribution in [-0.2, 0) is 12.8 Å². The van der Waals surface area contributed by atoms with E-state index in [2.05, 4.69) is 19.8 Å². The van der Waals surface area contributed by atoms with Gasteiger partial charge in [0.2, 0.25) is 0 Å². The fourth-order valence-electron chi connectivity index (χ4n) is 2.74. The van der Waals surface area contributed by atoms with Gasteiger partial charge in [0.1, 0.15) is 5.75 Å². The molecule has 0 aromatic heterocycles. The summed E-state index contributed by atoms with van der Waals surface area (Å²) in [5, 5.41) is 10.5. The van der Waals surface area contributed by atoms with Crippen molar-refractivity contribution in [3.8, 4) is 18.1 Å². The van der Waals surface area contributed by atoms with Crippen LogP contribution in [0.3, 0.4) is 0 Å². The van der Waals surface area contributed by atoms with Crippen LogP contribution in [0.15, 0.2) is 12.1 Å². The first-order valence-corrected chi connectivity index (χ1v) is 8.84. The Hall–Kier alpha value is -1.75. The van der Waals surface area contributed by atoms with E-state index in [9.17, 15) is 9.90 Å². The Morgan fingerprint density at radius 1 is 1.17 bits per heavy atom. The predicted molar refractivity (Wildman–Crippen MR) is 96.9 cm³/mol. The molecule has 0 bridgehead atoms. The zero-order chi connectivity index (χ0) is 17.2. The molecule has 1 N–H and O–H groups in total. The van der Waals surface area contributed by atoms with Gasteiger partial charge in [0, 0.05) is 18.4 Å². The maximum absolute atomic E-state index is 12.5. The molecule has 0 aliphatic heterocycles. The van der Waals surface area contributed by atoms with Crippen LogP contribution in [0.2, 0.25) is 0 Å². The van der Waals surface area contributed by atoms with E-state index in [4.69, 9.17) is 6.42 Å². The molecule has 126 valence electrons. The van der Waals surface area contributed by atoms with Gasteiger partial charge in [-0.25, -0.2) is 0 Å². The van der Waals surface area contributed by atoms with Crippen LogP contribution >= 0.6 is 0 Å². The molecule has 2 nitrogen and oxygen atoms in total. The van der Waals surface area contributed by atoms with Crippen molar-refractivity contribution in [2.24, 2.45) is 5.92 Å². The van der Waals surface area contributed by atoms with Crippen LogP contribution in [0.4, 0.5) is 0 Å². The van der Waals surface area contributed by atoms with Crippen molar-refractivity contribution in [3.05, 3.63) is 28.8 Å². The van der Waals surface area contributed by atoms with Gasteiger partial charge in [0.05, 0.1) is 0 Å². The van der Waals surface area contributed by atoms with Crippen LogP contribution in [0.25, 0.3) is 0 Å². The number of aromatic hydroxyl groups is 1. The third kappa shape index (κ3) is 6.10. The molecule has 0 spiro atoms. The van der Waals surface area contributed by atoms with Crippen molar-refractivity contribution in [2.45, 2.75) is 72.1 Å². The summed E-state index contributed by atoms with van der Waals surface area (Å²) in [6.07, 6.45) is 12.2. The van der Waals surface area contributed by atoms with Crippen molar-refractivity contribution in [1.82, 2.24) is 0 Å². The third-order valence-corrected chi connectivity index (χ3v) is 4.19. The number of terminal acetylenes is 1. The number of ketones is 1. The number of unbranched alkanes of at least 4 members (excludes halogenated alkanes) is 2.